The Morgan fingerprint density at radius 2 is 1.67 bits per heavy atom. The van der Waals surface area contributed by atoms with E-state index < -0.39 is 0 Å². The number of hydrogen-bond acceptors (Lipinski definition) is 4. The van der Waals surface area contributed by atoms with Crippen molar-refractivity contribution in [3.63, 3.8) is 0 Å². The van der Waals surface area contributed by atoms with Crippen molar-refractivity contribution >= 4 is 23.2 Å². The van der Waals surface area contributed by atoms with Crippen molar-refractivity contribution in [2.45, 2.75) is 6.92 Å². The van der Waals surface area contributed by atoms with E-state index in [1.807, 2.05) is 43.3 Å². The third kappa shape index (κ3) is 2.58. The molecule has 1 amide bonds. The van der Waals surface area contributed by atoms with Crippen molar-refractivity contribution in [1.82, 2.24) is 0 Å². The number of rotatable bonds is 4. The molecule has 0 unspecified atom stereocenters. The quantitative estimate of drug-likeness (QED) is 0.874. The maximum Gasteiger partial charge on any atom is 0.256 e. The first kappa shape index (κ1) is 15.9. The first-order chi connectivity index (χ1) is 11.6. The zero-order chi connectivity index (χ0) is 17.3. The van der Waals surface area contributed by atoms with E-state index >= 15 is 0 Å². The van der Waals surface area contributed by atoms with Crippen molar-refractivity contribution in [1.29, 1.82) is 0 Å². The summed E-state index contributed by atoms with van der Waals surface area (Å²) in [6.45, 7) is 1.97. The SMILES string of the molecule is COc1cc(/C=C2\C(=O)Nc3c(C)cccc32)cc(OC)c1OC. The summed E-state index contributed by atoms with van der Waals surface area (Å²) in [5.74, 6) is 1.50. The van der Waals surface area contributed by atoms with Gasteiger partial charge >= 0.3 is 0 Å². The van der Waals surface area contributed by atoms with Gasteiger partial charge in [-0.15, -0.1) is 0 Å². The Kier molecular flexibility index (Phi) is 4.16. The van der Waals surface area contributed by atoms with Gasteiger partial charge in [-0.1, -0.05) is 18.2 Å². The summed E-state index contributed by atoms with van der Waals surface area (Å²) < 4.78 is 16.1. The number of benzene rings is 2. The lowest BCUT2D eigenvalue weighted by Crippen LogP contribution is -2.04. The number of para-hydroxylation sites is 1. The molecule has 2 aromatic rings. The van der Waals surface area contributed by atoms with Crippen LogP contribution >= 0.6 is 0 Å². The molecule has 0 spiro atoms. The van der Waals surface area contributed by atoms with Gasteiger partial charge in [0.25, 0.3) is 5.91 Å². The van der Waals surface area contributed by atoms with Crippen molar-refractivity contribution in [2.24, 2.45) is 0 Å². The number of carbonyl (C=O) groups is 1. The molecule has 1 aliphatic rings. The van der Waals surface area contributed by atoms with E-state index in [-0.39, 0.29) is 5.91 Å². The first-order valence-electron chi connectivity index (χ1n) is 7.52. The predicted octanol–water partition coefficient (Wildman–Crippen LogP) is 3.51. The summed E-state index contributed by atoms with van der Waals surface area (Å²) in [6.07, 6.45) is 1.82. The third-order valence-electron chi connectivity index (χ3n) is 4.04. The topological polar surface area (TPSA) is 56.8 Å². The molecule has 0 bridgehead atoms. The molecule has 24 heavy (non-hydrogen) atoms. The van der Waals surface area contributed by atoms with Crippen LogP contribution in [0.5, 0.6) is 17.2 Å². The number of nitrogens with one attached hydrogen (secondary N) is 1. The van der Waals surface area contributed by atoms with Gasteiger partial charge in [-0.2, -0.15) is 0 Å². The van der Waals surface area contributed by atoms with E-state index in [0.717, 1.165) is 22.4 Å². The fourth-order valence-electron chi connectivity index (χ4n) is 2.86. The number of ether oxygens (including phenoxy) is 3. The van der Waals surface area contributed by atoms with E-state index in [1.54, 1.807) is 21.3 Å². The van der Waals surface area contributed by atoms with E-state index in [9.17, 15) is 4.79 Å². The number of amides is 1. The van der Waals surface area contributed by atoms with Crippen molar-refractivity contribution in [3.8, 4) is 17.2 Å². The van der Waals surface area contributed by atoms with E-state index in [2.05, 4.69) is 5.32 Å². The van der Waals surface area contributed by atoms with Gasteiger partial charge in [0.15, 0.2) is 11.5 Å². The Balaban J connectivity index is 2.13. The van der Waals surface area contributed by atoms with Gasteiger partial charge in [0.05, 0.1) is 27.0 Å². The summed E-state index contributed by atoms with van der Waals surface area (Å²) in [4.78, 5) is 12.4. The van der Waals surface area contributed by atoms with E-state index in [4.69, 9.17) is 14.2 Å². The molecule has 0 atom stereocenters. The Bertz CT molecular complexity index is 814. The molecule has 1 N–H and O–H groups in total. The minimum Gasteiger partial charge on any atom is -0.493 e. The molecule has 0 fully saturated rings. The molecule has 0 aromatic heterocycles. The van der Waals surface area contributed by atoms with Gasteiger partial charge in [0, 0.05) is 11.1 Å². The van der Waals surface area contributed by atoms with Crippen LogP contribution in [0.4, 0.5) is 5.69 Å². The molecule has 0 aliphatic carbocycles. The maximum absolute atomic E-state index is 12.4. The zero-order valence-electron chi connectivity index (χ0n) is 14.1. The highest BCUT2D eigenvalue weighted by Crippen LogP contribution is 2.40. The first-order valence-corrected chi connectivity index (χ1v) is 7.52. The Hall–Kier alpha value is -2.95. The molecule has 2 aromatic carbocycles. The highest BCUT2D eigenvalue weighted by Gasteiger charge is 2.25. The van der Waals surface area contributed by atoms with E-state index in [1.165, 1.54) is 0 Å². The average molecular weight is 325 g/mol. The van der Waals surface area contributed by atoms with Crippen LogP contribution in [0.1, 0.15) is 16.7 Å². The van der Waals surface area contributed by atoms with Gasteiger partial charge in [-0.25, -0.2) is 0 Å². The van der Waals surface area contributed by atoms with Gasteiger partial charge < -0.3 is 19.5 Å². The van der Waals surface area contributed by atoms with Crippen molar-refractivity contribution < 1.29 is 19.0 Å². The molecule has 0 saturated carbocycles. The summed E-state index contributed by atoms with van der Waals surface area (Å²) in [5, 5.41) is 2.92. The lowest BCUT2D eigenvalue weighted by atomic mass is 10.0. The monoisotopic (exact) mass is 325 g/mol. The van der Waals surface area contributed by atoms with E-state index in [0.29, 0.717) is 22.8 Å². The second kappa shape index (κ2) is 6.28. The number of anilines is 1. The molecule has 5 nitrogen and oxygen atoms in total. The zero-order valence-corrected chi connectivity index (χ0v) is 14.1. The number of carbonyl (C=O) groups excluding carboxylic acids is 1. The molecule has 0 saturated heterocycles. The summed E-state index contributed by atoms with van der Waals surface area (Å²) in [6, 6.07) is 9.48. The lowest BCUT2D eigenvalue weighted by molar-refractivity contribution is -0.110. The predicted molar refractivity (Wildman–Crippen MR) is 93.8 cm³/mol. The minimum atomic E-state index is -0.118. The Morgan fingerprint density at radius 3 is 2.25 bits per heavy atom. The molecule has 1 heterocycles. The molecule has 3 rings (SSSR count). The standard InChI is InChI=1S/C19H19NO4/c1-11-6-5-7-13-14(19(21)20-17(11)13)8-12-9-15(22-2)18(24-4)16(10-12)23-3/h5-10H,1-4H3,(H,20,21)/b14-8-. The summed E-state index contributed by atoms with van der Waals surface area (Å²) in [5.41, 5.74) is 4.20. The van der Waals surface area contributed by atoms with Crippen molar-refractivity contribution in [3.05, 3.63) is 47.0 Å². The fourth-order valence-corrected chi connectivity index (χ4v) is 2.86. The normalized spacial score (nSPS) is 14.3. The van der Waals surface area contributed by atoms with Crippen LogP contribution in [0.3, 0.4) is 0 Å². The van der Waals surface area contributed by atoms with Crippen molar-refractivity contribution in [2.75, 3.05) is 26.6 Å². The lowest BCUT2D eigenvalue weighted by Gasteiger charge is -2.13. The Labute approximate surface area is 140 Å². The second-order valence-electron chi connectivity index (χ2n) is 5.47. The molecule has 5 heteroatoms. The fraction of sp³-hybridized carbons (Fsp3) is 0.211. The van der Waals surface area contributed by atoms with Crippen LogP contribution in [0.15, 0.2) is 30.3 Å². The smallest absolute Gasteiger partial charge is 0.256 e. The van der Waals surface area contributed by atoms with Crippen LogP contribution in [0, 0.1) is 6.92 Å². The highest BCUT2D eigenvalue weighted by atomic mass is 16.5. The molecule has 124 valence electrons. The highest BCUT2D eigenvalue weighted by molar-refractivity contribution is 6.35. The molecular formula is C19H19NO4. The van der Waals surface area contributed by atoms with Crippen LogP contribution in [0.25, 0.3) is 11.6 Å². The van der Waals surface area contributed by atoms with Gasteiger partial charge in [0.1, 0.15) is 0 Å². The Morgan fingerprint density at radius 1 is 1.00 bits per heavy atom. The number of hydrogen-bond donors (Lipinski definition) is 1. The molecule has 0 radical (unpaired) electrons. The van der Waals surface area contributed by atoms with Gasteiger partial charge in [-0.05, 0) is 36.3 Å². The largest absolute Gasteiger partial charge is 0.493 e. The van der Waals surface area contributed by atoms with Gasteiger partial charge in [0.2, 0.25) is 5.75 Å². The minimum absolute atomic E-state index is 0.118. The second-order valence-corrected chi connectivity index (χ2v) is 5.47. The van der Waals surface area contributed by atoms with Crippen LogP contribution in [-0.2, 0) is 4.79 Å². The van der Waals surface area contributed by atoms with Crippen LogP contribution in [0.2, 0.25) is 0 Å². The number of methoxy groups -OCH3 is 3. The maximum atomic E-state index is 12.4. The summed E-state index contributed by atoms with van der Waals surface area (Å²) >= 11 is 0. The number of fused-ring (bicyclic) bond motifs is 1. The molecule has 1 aliphatic heterocycles. The third-order valence-corrected chi connectivity index (χ3v) is 4.04. The average Bonchev–Trinajstić information content (AvgIpc) is 2.91. The number of aryl methyl sites for hydroxylation is 1. The van der Waals surface area contributed by atoms with Gasteiger partial charge in [-0.3, -0.25) is 4.79 Å². The van der Waals surface area contributed by atoms with Crippen LogP contribution in [-0.4, -0.2) is 27.2 Å². The van der Waals surface area contributed by atoms with Crippen LogP contribution < -0.4 is 19.5 Å². The molecular weight excluding hydrogens is 306 g/mol. The summed E-state index contributed by atoms with van der Waals surface area (Å²) in [7, 11) is 4.69.